The first-order chi connectivity index (χ1) is 12.8. The number of thioether (sulfide) groups is 1. The summed E-state index contributed by atoms with van der Waals surface area (Å²) in [6.45, 7) is 8.84. The van der Waals surface area contributed by atoms with Gasteiger partial charge in [0.05, 0.1) is 28.3 Å². The van der Waals surface area contributed by atoms with E-state index in [0.717, 1.165) is 59.5 Å². The summed E-state index contributed by atoms with van der Waals surface area (Å²) in [6, 6.07) is 8.50. The number of nitrogens with zero attached hydrogens (tertiary/aromatic N) is 2. The molecule has 0 aliphatic carbocycles. The summed E-state index contributed by atoms with van der Waals surface area (Å²) in [5.74, 6) is 2.09. The first-order valence-electron chi connectivity index (χ1n) is 9.62. The maximum Gasteiger partial charge on any atom is 0.0646 e. The largest absolute Gasteiger partial charge is 0.342 e. The van der Waals surface area contributed by atoms with Gasteiger partial charge in [0, 0.05) is 12.8 Å². The molecule has 146 valence electrons. The van der Waals surface area contributed by atoms with Gasteiger partial charge in [-0.15, -0.1) is 0 Å². The Labute approximate surface area is 172 Å². The van der Waals surface area contributed by atoms with E-state index in [1.165, 1.54) is 11.1 Å². The number of benzene rings is 1. The monoisotopic (exact) mass is 403 g/mol. The van der Waals surface area contributed by atoms with Crippen LogP contribution in [-0.2, 0) is 18.6 Å². The van der Waals surface area contributed by atoms with Crippen molar-refractivity contribution < 1.29 is 0 Å². The van der Waals surface area contributed by atoms with Crippen molar-refractivity contribution in [1.82, 2.24) is 10.3 Å². The van der Waals surface area contributed by atoms with Crippen molar-refractivity contribution in [2.45, 2.75) is 39.4 Å². The number of hydrogen-bond donors (Lipinski definition) is 1. The normalized spacial score (nSPS) is 14.6. The van der Waals surface area contributed by atoms with Crippen LogP contribution in [0.3, 0.4) is 0 Å². The van der Waals surface area contributed by atoms with E-state index in [1.807, 2.05) is 24.0 Å². The van der Waals surface area contributed by atoms with Crippen LogP contribution in [0.4, 0.5) is 11.4 Å². The van der Waals surface area contributed by atoms with E-state index >= 15 is 0 Å². The average Bonchev–Trinajstić information content (AvgIpc) is 2.86. The first kappa shape index (κ1) is 20.5. The van der Waals surface area contributed by atoms with Crippen molar-refractivity contribution in [2.75, 3.05) is 30.8 Å². The smallest absolute Gasteiger partial charge is 0.0646 e. The maximum atomic E-state index is 6.62. The Bertz CT molecular complexity index is 768. The number of anilines is 2. The summed E-state index contributed by atoms with van der Waals surface area (Å²) in [4.78, 5) is 6.87. The Balaban J connectivity index is 1.77. The summed E-state index contributed by atoms with van der Waals surface area (Å²) in [7, 11) is 2.09. The molecule has 0 saturated heterocycles. The molecule has 0 amide bonds. The lowest BCUT2D eigenvalue weighted by Crippen LogP contribution is -2.17. The van der Waals surface area contributed by atoms with Crippen molar-refractivity contribution in [1.29, 1.82) is 0 Å². The topological polar surface area (TPSA) is 28.2 Å². The zero-order valence-electron chi connectivity index (χ0n) is 16.8. The van der Waals surface area contributed by atoms with E-state index in [-0.39, 0.29) is 0 Å². The molecule has 3 nitrogen and oxygen atoms in total. The number of halogens is 1. The standard InChI is InChI=1S/C22H30ClN3S/c1-22(2,3)15-27-14-17-6-7-18(13-25-17)26(4)21-19-10-12-24-11-9-16(19)5-8-20(21)23/h5-8,13,24H,9-12,14-15H2,1-4H3. The van der Waals surface area contributed by atoms with E-state index in [1.54, 1.807) is 0 Å². The summed E-state index contributed by atoms with van der Waals surface area (Å²) in [5.41, 5.74) is 6.43. The van der Waals surface area contributed by atoms with E-state index in [2.05, 4.69) is 61.2 Å². The van der Waals surface area contributed by atoms with Gasteiger partial charge in [-0.3, -0.25) is 4.98 Å². The number of rotatable bonds is 5. The molecule has 5 heteroatoms. The zero-order chi connectivity index (χ0) is 19.4. The molecule has 1 aromatic carbocycles. The Morgan fingerprint density at radius 1 is 1.15 bits per heavy atom. The Hall–Kier alpha value is -1.23. The van der Waals surface area contributed by atoms with Gasteiger partial charge < -0.3 is 10.2 Å². The summed E-state index contributed by atoms with van der Waals surface area (Å²) in [5, 5.41) is 4.29. The molecule has 0 fully saturated rings. The highest BCUT2D eigenvalue weighted by atomic mass is 35.5. The van der Waals surface area contributed by atoms with Crippen LogP contribution in [0.5, 0.6) is 0 Å². The van der Waals surface area contributed by atoms with Gasteiger partial charge in [0.15, 0.2) is 0 Å². The van der Waals surface area contributed by atoms with Crippen LogP contribution in [-0.4, -0.2) is 30.9 Å². The summed E-state index contributed by atoms with van der Waals surface area (Å²) in [6.07, 6.45) is 4.03. The van der Waals surface area contributed by atoms with Crippen molar-refractivity contribution in [2.24, 2.45) is 5.41 Å². The molecule has 1 N–H and O–H groups in total. The fourth-order valence-electron chi connectivity index (χ4n) is 3.38. The fraction of sp³-hybridized carbons (Fsp3) is 0.500. The quantitative estimate of drug-likeness (QED) is 0.716. The molecule has 3 rings (SSSR count). The lowest BCUT2D eigenvalue weighted by molar-refractivity contribution is 0.480. The van der Waals surface area contributed by atoms with Gasteiger partial charge in [0.25, 0.3) is 0 Å². The van der Waals surface area contributed by atoms with Crippen LogP contribution in [0.1, 0.15) is 37.6 Å². The Morgan fingerprint density at radius 3 is 2.63 bits per heavy atom. The lowest BCUT2D eigenvalue weighted by Gasteiger charge is -2.25. The predicted octanol–water partition coefficient (Wildman–Crippen LogP) is 5.47. The number of hydrogen-bond acceptors (Lipinski definition) is 4. The van der Waals surface area contributed by atoms with Gasteiger partial charge in [-0.2, -0.15) is 11.8 Å². The van der Waals surface area contributed by atoms with Crippen LogP contribution in [0.25, 0.3) is 0 Å². The zero-order valence-corrected chi connectivity index (χ0v) is 18.4. The van der Waals surface area contributed by atoms with E-state index in [9.17, 15) is 0 Å². The van der Waals surface area contributed by atoms with Gasteiger partial charge in [-0.25, -0.2) is 0 Å². The third kappa shape index (κ3) is 5.40. The van der Waals surface area contributed by atoms with Crippen LogP contribution >= 0.6 is 23.4 Å². The fourth-order valence-corrected chi connectivity index (χ4v) is 4.78. The van der Waals surface area contributed by atoms with Gasteiger partial charge in [0.1, 0.15) is 0 Å². The average molecular weight is 404 g/mol. The van der Waals surface area contributed by atoms with Crippen LogP contribution in [0, 0.1) is 5.41 Å². The van der Waals surface area contributed by atoms with Gasteiger partial charge in [0.2, 0.25) is 0 Å². The Morgan fingerprint density at radius 2 is 1.93 bits per heavy atom. The highest BCUT2D eigenvalue weighted by molar-refractivity contribution is 7.98. The molecule has 0 radical (unpaired) electrons. The molecular weight excluding hydrogens is 374 g/mol. The predicted molar refractivity (Wildman–Crippen MR) is 120 cm³/mol. The van der Waals surface area contributed by atoms with Crippen LogP contribution < -0.4 is 10.2 Å². The van der Waals surface area contributed by atoms with Gasteiger partial charge >= 0.3 is 0 Å². The third-order valence-electron chi connectivity index (χ3n) is 4.77. The molecule has 0 saturated carbocycles. The van der Waals surface area contributed by atoms with Gasteiger partial charge in [-0.05, 0) is 66.4 Å². The molecule has 27 heavy (non-hydrogen) atoms. The number of fused-ring (bicyclic) bond motifs is 1. The molecule has 2 aromatic rings. The molecule has 0 bridgehead atoms. The molecule has 2 heterocycles. The molecule has 0 atom stereocenters. The van der Waals surface area contributed by atoms with Crippen molar-refractivity contribution in [3.8, 4) is 0 Å². The highest BCUT2D eigenvalue weighted by Gasteiger charge is 2.19. The van der Waals surface area contributed by atoms with Crippen molar-refractivity contribution in [3.63, 3.8) is 0 Å². The minimum atomic E-state index is 0.349. The molecule has 0 unspecified atom stereocenters. The summed E-state index contributed by atoms with van der Waals surface area (Å²) < 4.78 is 0. The van der Waals surface area contributed by atoms with E-state index < -0.39 is 0 Å². The number of nitrogens with one attached hydrogen (secondary N) is 1. The molecule has 1 aliphatic heterocycles. The van der Waals surface area contributed by atoms with Crippen LogP contribution in [0.15, 0.2) is 30.5 Å². The second-order valence-electron chi connectivity index (χ2n) is 8.40. The van der Waals surface area contributed by atoms with Gasteiger partial charge in [-0.1, -0.05) is 38.4 Å². The minimum absolute atomic E-state index is 0.349. The highest BCUT2D eigenvalue weighted by Crippen LogP contribution is 2.37. The lowest BCUT2D eigenvalue weighted by atomic mass is 10.00. The minimum Gasteiger partial charge on any atom is -0.342 e. The first-order valence-corrected chi connectivity index (χ1v) is 11.2. The molecule has 1 aromatic heterocycles. The number of aromatic nitrogens is 1. The van der Waals surface area contributed by atoms with Crippen molar-refractivity contribution in [3.05, 3.63) is 52.3 Å². The molecule has 1 aliphatic rings. The summed E-state index contributed by atoms with van der Waals surface area (Å²) >= 11 is 8.56. The van der Waals surface area contributed by atoms with E-state index in [0.29, 0.717) is 5.41 Å². The van der Waals surface area contributed by atoms with Crippen LogP contribution in [0.2, 0.25) is 5.02 Å². The second kappa shape index (κ2) is 8.85. The van der Waals surface area contributed by atoms with Crippen molar-refractivity contribution >= 4 is 34.7 Å². The second-order valence-corrected chi connectivity index (χ2v) is 9.80. The maximum absolute atomic E-state index is 6.62. The SMILES string of the molecule is CN(c1ccc(CSCC(C)(C)C)nc1)c1c(Cl)ccc2c1CCNCC2. The third-order valence-corrected chi connectivity index (χ3v) is 6.65. The molecular formula is C22H30ClN3S. The molecule has 0 spiro atoms. The number of pyridine rings is 1. The van der Waals surface area contributed by atoms with E-state index in [4.69, 9.17) is 11.6 Å². The Kier molecular flexibility index (Phi) is 6.72.